The van der Waals surface area contributed by atoms with E-state index in [2.05, 4.69) is 16.0 Å². The summed E-state index contributed by atoms with van der Waals surface area (Å²) in [5.74, 6) is -3.01. The van der Waals surface area contributed by atoms with Crippen LogP contribution in [-0.4, -0.2) is 54.2 Å². The van der Waals surface area contributed by atoms with E-state index in [-0.39, 0.29) is 42.7 Å². The van der Waals surface area contributed by atoms with E-state index in [9.17, 15) is 28.0 Å². The number of hydrogen-bond acceptors (Lipinski definition) is 4. The summed E-state index contributed by atoms with van der Waals surface area (Å²) in [7, 11) is 0. The van der Waals surface area contributed by atoms with Crippen LogP contribution >= 0.6 is 0 Å². The first kappa shape index (κ1) is 30.4. The van der Waals surface area contributed by atoms with Gasteiger partial charge in [-0.05, 0) is 67.1 Å². The lowest BCUT2D eigenvalue weighted by molar-refractivity contribution is -0.136. The van der Waals surface area contributed by atoms with E-state index in [1.165, 1.54) is 36.1 Å². The number of carbonyl (C=O) groups excluding carboxylic acids is 4. The second kappa shape index (κ2) is 14.3. The zero-order valence-electron chi connectivity index (χ0n) is 23.4. The number of rotatable bonds is 4. The predicted molar refractivity (Wildman–Crippen MR) is 153 cm³/mol. The molecule has 4 rings (SSSR count). The van der Waals surface area contributed by atoms with Crippen LogP contribution in [0.15, 0.2) is 72.8 Å². The highest BCUT2D eigenvalue weighted by Crippen LogP contribution is 2.17. The Labute approximate surface area is 243 Å². The fourth-order valence-corrected chi connectivity index (χ4v) is 4.74. The molecule has 2 atom stereocenters. The monoisotopic (exact) mass is 576 g/mol. The van der Waals surface area contributed by atoms with Gasteiger partial charge in [-0.15, -0.1) is 0 Å². The number of carbonyl (C=O) groups is 4. The summed E-state index contributed by atoms with van der Waals surface area (Å²) in [6, 6.07) is 17.3. The van der Waals surface area contributed by atoms with Crippen molar-refractivity contribution in [3.63, 3.8) is 0 Å². The van der Waals surface area contributed by atoms with Gasteiger partial charge < -0.3 is 20.9 Å². The Bertz CT molecular complexity index is 1420. The average molecular weight is 577 g/mol. The van der Waals surface area contributed by atoms with Crippen LogP contribution in [0.2, 0.25) is 0 Å². The molecule has 0 aromatic heterocycles. The second-order valence-electron chi connectivity index (χ2n) is 10.3. The lowest BCUT2D eigenvalue weighted by Gasteiger charge is -2.29. The Morgan fingerprint density at radius 3 is 2.43 bits per heavy atom. The maximum Gasteiger partial charge on any atom is 0.254 e. The summed E-state index contributed by atoms with van der Waals surface area (Å²) in [5.41, 5.74) is 2.01. The van der Waals surface area contributed by atoms with Crippen LogP contribution in [0.1, 0.15) is 52.9 Å². The number of amides is 4. The molecule has 42 heavy (non-hydrogen) atoms. The molecular weight excluding hydrogens is 542 g/mol. The molecular formula is C32H34F2N4O4. The van der Waals surface area contributed by atoms with Crippen LogP contribution in [0.5, 0.6) is 0 Å². The number of hydrogen-bond donors (Lipinski definition) is 3. The first-order valence-electron chi connectivity index (χ1n) is 13.9. The first-order valence-corrected chi connectivity index (χ1v) is 13.9. The Morgan fingerprint density at radius 2 is 1.69 bits per heavy atom. The quantitative estimate of drug-likeness (QED) is 0.442. The van der Waals surface area contributed by atoms with Gasteiger partial charge in [-0.3, -0.25) is 19.2 Å². The van der Waals surface area contributed by atoms with Crippen molar-refractivity contribution in [2.75, 3.05) is 19.6 Å². The molecule has 4 amide bonds. The Morgan fingerprint density at radius 1 is 0.952 bits per heavy atom. The summed E-state index contributed by atoms with van der Waals surface area (Å²) >= 11 is 0. The highest BCUT2D eigenvalue weighted by atomic mass is 19.1. The van der Waals surface area contributed by atoms with E-state index in [0.29, 0.717) is 36.9 Å². The molecule has 8 nitrogen and oxygen atoms in total. The zero-order valence-corrected chi connectivity index (χ0v) is 23.4. The highest BCUT2D eigenvalue weighted by molar-refractivity contribution is 5.97. The van der Waals surface area contributed by atoms with Crippen molar-refractivity contribution < 1.29 is 28.0 Å². The van der Waals surface area contributed by atoms with Crippen LogP contribution in [0.4, 0.5) is 8.78 Å². The van der Waals surface area contributed by atoms with E-state index in [1.807, 2.05) is 6.07 Å². The van der Waals surface area contributed by atoms with E-state index >= 15 is 0 Å². The normalized spacial score (nSPS) is 18.8. The fraction of sp³-hybridized carbons (Fsp3) is 0.312. The molecule has 0 spiro atoms. The smallest absolute Gasteiger partial charge is 0.254 e. The molecule has 1 aliphatic heterocycles. The number of benzene rings is 3. The largest absolute Gasteiger partial charge is 0.355 e. The van der Waals surface area contributed by atoms with Gasteiger partial charge in [-0.2, -0.15) is 0 Å². The molecule has 2 bridgehead atoms. The highest BCUT2D eigenvalue weighted by Gasteiger charge is 2.27. The maximum atomic E-state index is 14.5. The van der Waals surface area contributed by atoms with Gasteiger partial charge in [0.25, 0.3) is 5.91 Å². The van der Waals surface area contributed by atoms with E-state index in [1.54, 1.807) is 42.5 Å². The van der Waals surface area contributed by atoms with Crippen molar-refractivity contribution in [1.82, 2.24) is 20.9 Å². The number of nitrogens with zero attached hydrogens (tertiary/aromatic N) is 1. The van der Waals surface area contributed by atoms with Gasteiger partial charge in [0, 0.05) is 19.5 Å². The van der Waals surface area contributed by atoms with Gasteiger partial charge in [0.05, 0.1) is 18.2 Å². The standard InChI is InChI=1S/C32H34F2N4O4/c1-21-31(41)37-28(24-7-3-2-4-8-24)19-38(30(40)16-12-22-9-13-25(33)14-10-22)20-29(39)35-17-5-6-23-11-15-27(34)26(18-23)32(42)36-21/h2-4,7-11,13-15,18,21,28H,5-6,12,16-17,19-20H2,1H3,(H,35,39)(H,36,42)(H,37,41)/t21-,28-/m1/s1. The van der Waals surface area contributed by atoms with Gasteiger partial charge in [0.2, 0.25) is 17.7 Å². The van der Waals surface area contributed by atoms with Gasteiger partial charge in [-0.25, -0.2) is 8.78 Å². The van der Waals surface area contributed by atoms with Gasteiger partial charge in [0.1, 0.15) is 17.7 Å². The van der Waals surface area contributed by atoms with Crippen LogP contribution in [0, 0.1) is 11.6 Å². The van der Waals surface area contributed by atoms with Gasteiger partial charge >= 0.3 is 0 Å². The molecule has 0 unspecified atom stereocenters. The van der Waals surface area contributed by atoms with Crippen molar-refractivity contribution in [1.29, 1.82) is 0 Å². The molecule has 0 aliphatic carbocycles. The Balaban J connectivity index is 1.59. The molecule has 1 aliphatic rings. The van der Waals surface area contributed by atoms with Gasteiger partial charge in [0.15, 0.2) is 0 Å². The molecule has 10 heteroatoms. The minimum absolute atomic E-state index is 0.0124. The molecule has 220 valence electrons. The lowest BCUT2D eigenvalue weighted by atomic mass is 10.0. The minimum Gasteiger partial charge on any atom is -0.355 e. The molecule has 3 aromatic carbocycles. The number of fused-ring (bicyclic) bond motifs is 2. The third kappa shape index (κ3) is 8.45. The third-order valence-electron chi connectivity index (χ3n) is 7.13. The van der Waals surface area contributed by atoms with Crippen molar-refractivity contribution in [2.24, 2.45) is 0 Å². The molecule has 3 aromatic rings. The molecule has 0 radical (unpaired) electrons. The number of nitrogens with one attached hydrogen (secondary N) is 3. The topological polar surface area (TPSA) is 108 Å². The maximum absolute atomic E-state index is 14.5. The van der Waals surface area contributed by atoms with Crippen LogP contribution in [0.25, 0.3) is 0 Å². The lowest BCUT2D eigenvalue weighted by Crippen LogP contribution is -2.49. The second-order valence-corrected chi connectivity index (χ2v) is 10.3. The Kier molecular flexibility index (Phi) is 10.4. The molecule has 0 saturated heterocycles. The van der Waals surface area contributed by atoms with Crippen molar-refractivity contribution in [3.05, 3.63) is 107 Å². The third-order valence-corrected chi connectivity index (χ3v) is 7.13. The van der Waals surface area contributed by atoms with Crippen LogP contribution < -0.4 is 16.0 Å². The average Bonchev–Trinajstić information content (AvgIpc) is 2.98. The summed E-state index contributed by atoms with van der Waals surface area (Å²) in [6.45, 7) is 1.56. The fourth-order valence-electron chi connectivity index (χ4n) is 4.74. The van der Waals surface area contributed by atoms with E-state index in [0.717, 1.165) is 5.56 Å². The summed E-state index contributed by atoms with van der Waals surface area (Å²) in [5, 5.41) is 8.27. The summed E-state index contributed by atoms with van der Waals surface area (Å²) < 4.78 is 27.8. The first-order chi connectivity index (χ1) is 20.2. The molecule has 0 saturated carbocycles. The predicted octanol–water partition coefficient (Wildman–Crippen LogP) is 3.46. The van der Waals surface area contributed by atoms with Crippen LogP contribution in [0.3, 0.4) is 0 Å². The molecule has 1 heterocycles. The van der Waals surface area contributed by atoms with Crippen LogP contribution in [-0.2, 0) is 27.2 Å². The van der Waals surface area contributed by atoms with E-state index < -0.39 is 29.7 Å². The van der Waals surface area contributed by atoms with E-state index in [4.69, 9.17) is 0 Å². The Hall–Kier alpha value is -4.60. The van der Waals surface area contributed by atoms with Crippen molar-refractivity contribution >= 4 is 23.6 Å². The molecule has 3 N–H and O–H groups in total. The summed E-state index contributed by atoms with van der Waals surface area (Å²) in [6.07, 6.45) is 1.42. The van der Waals surface area contributed by atoms with Crippen molar-refractivity contribution in [3.8, 4) is 0 Å². The summed E-state index contributed by atoms with van der Waals surface area (Å²) in [4.78, 5) is 53.9. The number of halogens is 2. The zero-order chi connectivity index (χ0) is 30.1. The minimum atomic E-state index is -1.02. The SMILES string of the molecule is C[C@H]1NC(=O)c2cc(ccc2F)CCCNC(=O)CN(C(=O)CCc2ccc(F)cc2)C[C@H](c2ccccc2)NC1=O. The number of aryl methyl sites for hydroxylation is 2. The van der Waals surface area contributed by atoms with Gasteiger partial charge in [-0.1, -0.05) is 48.5 Å². The van der Waals surface area contributed by atoms with Crippen molar-refractivity contribution in [2.45, 2.75) is 44.7 Å². The molecule has 0 fully saturated rings.